The first-order valence-corrected chi connectivity index (χ1v) is 7.42. The van der Waals surface area contributed by atoms with Gasteiger partial charge in [0.2, 0.25) is 0 Å². The van der Waals surface area contributed by atoms with Crippen LogP contribution in [0.3, 0.4) is 0 Å². The zero-order chi connectivity index (χ0) is 15.5. The van der Waals surface area contributed by atoms with Gasteiger partial charge in [-0.3, -0.25) is 9.88 Å². The molecule has 21 heavy (non-hydrogen) atoms. The van der Waals surface area contributed by atoms with E-state index in [9.17, 15) is 4.79 Å². The van der Waals surface area contributed by atoms with Crippen LogP contribution < -0.4 is 0 Å². The lowest BCUT2D eigenvalue weighted by molar-refractivity contribution is 0.0228. The van der Waals surface area contributed by atoms with Gasteiger partial charge < -0.3 is 9.64 Å². The van der Waals surface area contributed by atoms with Crippen molar-refractivity contribution < 1.29 is 9.53 Å². The fraction of sp³-hybridized carbons (Fsp3) is 0.625. The van der Waals surface area contributed by atoms with E-state index in [1.54, 1.807) is 4.90 Å². The Kier molecular flexibility index (Phi) is 4.83. The molecule has 5 heteroatoms. The lowest BCUT2D eigenvalue weighted by atomic mass is 10.2. The fourth-order valence-electron chi connectivity index (χ4n) is 2.50. The molecule has 1 fully saturated rings. The molecule has 0 aromatic carbocycles. The van der Waals surface area contributed by atoms with Crippen molar-refractivity contribution in [1.29, 1.82) is 0 Å². The number of amides is 1. The zero-order valence-electron chi connectivity index (χ0n) is 13.4. The molecule has 2 heterocycles. The van der Waals surface area contributed by atoms with Gasteiger partial charge in [-0.1, -0.05) is 0 Å². The van der Waals surface area contributed by atoms with Gasteiger partial charge in [0, 0.05) is 45.1 Å². The van der Waals surface area contributed by atoms with Gasteiger partial charge in [-0.25, -0.2) is 4.79 Å². The third kappa shape index (κ3) is 4.70. The van der Waals surface area contributed by atoms with E-state index in [0.717, 1.165) is 26.1 Å². The number of ether oxygens (including phenoxy) is 1. The summed E-state index contributed by atoms with van der Waals surface area (Å²) in [5, 5.41) is 0. The maximum Gasteiger partial charge on any atom is 0.410 e. The van der Waals surface area contributed by atoms with Crippen LogP contribution in [-0.2, 0) is 11.3 Å². The molecular weight excluding hydrogens is 266 g/mol. The molecule has 1 amide bonds. The highest BCUT2D eigenvalue weighted by molar-refractivity contribution is 5.68. The Morgan fingerprint density at radius 3 is 2.71 bits per heavy atom. The molecule has 0 bridgehead atoms. The van der Waals surface area contributed by atoms with Gasteiger partial charge in [-0.2, -0.15) is 0 Å². The van der Waals surface area contributed by atoms with Gasteiger partial charge in [0.15, 0.2) is 0 Å². The normalized spacial score (nSPS) is 19.5. The second-order valence-electron chi connectivity index (χ2n) is 6.62. The molecule has 116 valence electrons. The summed E-state index contributed by atoms with van der Waals surface area (Å²) in [6.07, 6.45) is 4.38. The summed E-state index contributed by atoms with van der Waals surface area (Å²) in [7, 11) is 1.83. The van der Waals surface area contributed by atoms with E-state index in [-0.39, 0.29) is 12.1 Å². The lowest BCUT2D eigenvalue weighted by Gasteiger charge is -2.28. The van der Waals surface area contributed by atoms with E-state index in [4.69, 9.17) is 4.74 Å². The van der Waals surface area contributed by atoms with Crippen LogP contribution in [0.25, 0.3) is 0 Å². The fourth-order valence-corrected chi connectivity index (χ4v) is 2.50. The van der Waals surface area contributed by atoms with E-state index in [0.29, 0.717) is 0 Å². The number of nitrogens with zero attached hydrogens (tertiary/aromatic N) is 3. The Morgan fingerprint density at radius 2 is 2.10 bits per heavy atom. The van der Waals surface area contributed by atoms with Crippen molar-refractivity contribution in [2.75, 3.05) is 20.1 Å². The number of rotatable bonds is 3. The summed E-state index contributed by atoms with van der Waals surface area (Å²) in [6.45, 7) is 8.47. The van der Waals surface area contributed by atoms with Crippen molar-refractivity contribution in [1.82, 2.24) is 14.8 Å². The van der Waals surface area contributed by atoms with Gasteiger partial charge in [-0.05, 0) is 44.9 Å². The summed E-state index contributed by atoms with van der Waals surface area (Å²) in [6, 6.07) is 4.29. The van der Waals surface area contributed by atoms with E-state index in [1.165, 1.54) is 5.56 Å². The SMILES string of the molecule is CN(C(=O)OC(C)(C)C)[C@@H]1CCN(Cc2ccncc2)C1. The van der Waals surface area contributed by atoms with E-state index in [1.807, 2.05) is 52.3 Å². The molecule has 5 nitrogen and oxygen atoms in total. The summed E-state index contributed by atoms with van der Waals surface area (Å²) < 4.78 is 5.43. The van der Waals surface area contributed by atoms with Gasteiger partial charge in [0.1, 0.15) is 5.60 Å². The maximum absolute atomic E-state index is 12.1. The molecule has 1 aliphatic heterocycles. The topological polar surface area (TPSA) is 45.7 Å². The minimum absolute atomic E-state index is 0.224. The Labute approximate surface area is 126 Å². The molecule has 2 rings (SSSR count). The molecule has 0 aliphatic carbocycles. The minimum Gasteiger partial charge on any atom is -0.444 e. The number of hydrogen-bond acceptors (Lipinski definition) is 4. The van der Waals surface area contributed by atoms with Crippen molar-refractivity contribution in [3.63, 3.8) is 0 Å². The highest BCUT2D eigenvalue weighted by Crippen LogP contribution is 2.19. The molecule has 0 saturated carbocycles. The Balaban J connectivity index is 1.85. The van der Waals surface area contributed by atoms with E-state index >= 15 is 0 Å². The van der Waals surface area contributed by atoms with Crippen LogP contribution in [0.4, 0.5) is 4.79 Å². The molecule has 1 aromatic heterocycles. The van der Waals surface area contributed by atoms with Gasteiger partial charge in [-0.15, -0.1) is 0 Å². The molecule has 1 atom stereocenters. The Morgan fingerprint density at radius 1 is 1.43 bits per heavy atom. The van der Waals surface area contributed by atoms with Crippen LogP contribution in [0.5, 0.6) is 0 Å². The summed E-state index contributed by atoms with van der Waals surface area (Å²) in [4.78, 5) is 20.2. The molecule has 1 aliphatic rings. The second kappa shape index (κ2) is 6.43. The number of aromatic nitrogens is 1. The molecule has 1 aromatic rings. The maximum atomic E-state index is 12.1. The molecular formula is C16H25N3O2. The van der Waals surface area contributed by atoms with Crippen molar-refractivity contribution >= 4 is 6.09 Å². The second-order valence-corrected chi connectivity index (χ2v) is 6.62. The monoisotopic (exact) mass is 291 g/mol. The minimum atomic E-state index is -0.444. The van der Waals surface area contributed by atoms with Gasteiger partial charge >= 0.3 is 6.09 Å². The van der Waals surface area contributed by atoms with Crippen LogP contribution in [-0.4, -0.2) is 52.7 Å². The first kappa shape index (κ1) is 15.8. The Hall–Kier alpha value is -1.62. The molecule has 0 spiro atoms. The zero-order valence-corrected chi connectivity index (χ0v) is 13.4. The van der Waals surface area contributed by atoms with E-state index < -0.39 is 5.60 Å². The standard InChI is InChI=1S/C16H25N3O2/c1-16(2,3)21-15(20)18(4)14-7-10-19(12-14)11-13-5-8-17-9-6-13/h5-6,8-9,14H,7,10-12H2,1-4H3/t14-/m1/s1. The predicted molar refractivity (Wildman–Crippen MR) is 81.9 cm³/mol. The highest BCUT2D eigenvalue weighted by Gasteiger charge is 2.30. The number of pyridine rings is 1. The van der Waals surface area contributed by atoms with Crippen LogP contribution in [0.2, 0.25) is 0 Å². The van der Waals surface area contributed by atoms with E-state index in [2.05, 4.69) is 9.88 Å². The molecule has 0 unspecified atom stereocenters. The summed E-state index contributed by atoms with van der Waals surface area (Å²) >= 11 is 0. The third-order valence-corrected chi connectivity index (χ3v) is 3.63. The number of carbonyl (C=O) groups excluding carboxylic acids is 1. The average molecular weight is 291 g/mol. The quantitative estimate of drug-likeness (QED) is 0.858. The smallest absolute Gasteiger partial charge is 0.410 e. The largest absolute Gasteiger partial charge is 0.444 e. The number of carbonyl (C=O) groups is 1. The van der Waals surface area contributed by atoms with Crippen molar-refractivity contribution in [3.05, 3.63) is 30.1 Å². The average Bonchev–Trinajstić information content (AvgIpc) is 2.85. The highest BCUT2D eigenvalue weighted by atomic mass is 16.6. The van der Waals surface area contributed by atoms with Crippen molar-refractivity contribution in [2.45, 2.75) is 45.4 Å². The van der Waals surface area contributed by atoms with Crippen LogP contribution >= 0.6 is 0 Å². The Bertz CT molecular complexity index is 470. The molecule has 0 N–H and O–H groups in total. The summed E-state index contributed by atoms with van der Waals surface area (Å²) in [5.41, 5.74) is 0.811. The number of hydrogen-bond donors (Lipinski definition) is 0. The van der Waals surface area contributed by atoms with Crippen molar-refractivity contribution in [3.8, 4) is 0 Å². The van der Waals surface area contributed by atoms with Gasteiger partial charge in [0.05, 0.1) is 0 Å². The predicted octanol–water partition coefficient (Wildman–Crippen LogP) is 2.52. The first-order valence-electron chi connectivity index (χ1n) is 7.42. The number of likely N-dealkylation sites (tertiary alicyclic amines) is 1. The van der Waals surface area contributed by atoms with Crippen LogP contribution in [0, 0.1) is 0 Å². The van der Waals surface area contributed by atoms with Crippen LogP contribution in [0.15, 0.2) is 24.5 Å². The first-order chi connectivity index (χ1) is 9.85. The molecule has 1 saturated heterocycles. The summed E-state index contributed by atoms with van der Waals surface area (Å²) in [5.74, 6) is 0. The van der Waals surface area contributed by atoms with Gasteiger partial charge in [0.25, 0.3) is 0 Å². The number of likely N-dealkylation sites (N-methyl/N-ethyl adjacent to an activating group) is 1. The molecule has 0 radical (unpaired) electrons. The van der Waals surface area contributed by atoms with Crippen LogP contribution in [0.1, 0.15) is 32.8 Å². The van der Waals surface area contributed by atoms with Crippen molar-refractivity contribution in [2.24, 2.45) is 0 Å². The third-order valence-electron chi connectivity index (χ3n) is 3.63. The lowest BCUT2D eigenvalue weighted by Crippen LogP contribution is -2.42.